The molecule has 1 aromatic rings. The number of benzene rings is 1. The number of carbonyl (C=O) groups excluding carboxylic acids is 1. The fourth-order valence-electron chi connectivity index (χ4n) is 1.50. The summed E-state index contributed by atoms with van der Waals surface area (Å²) in [5.74, 6) is 0.299. The molecule has 5 heteroatoms. The van der Waals surface area contributed by atoms with Crippen LogP contribution in [0.3, 0.4) is 0 Å². The van der Waals surface area contributed by atoms with Gasteiger partial charge >= 0.3 is 5.97 Å². The summed E-state index contributed by atoms with van der Waals surface area (Å²) < 4.78 is 10.4. The maximum atomic E-state index is 11.7. The Labute approximate surface area is 120 Å². The molecule has 0 unspecified atom stereocenters. The lowest BCUT2D eigenvalue weighted by molar-refractivity contribution is 0.0601. The molecule has 0 radical (unpaired) electrons. The Kier molecular flexibility index (Phi) is 6.56. The van der Waals surface area contributed by atoms with Gasteiger partial charge in [-0.2, -0.15) is 0 Å². The molecule has 0 heterocycles. The summed E-state index contributed by atoms with van der Waals surface area (Å²) >= 11 is 0. The number of esters is 1. The molecule has 0 bridgehead atoms. The van der Waals surface area contributed by atoms with Crippen LogP contribution in [0.1, 0.15) is 30.1 Å². The van der Waals surface area contributed by atoms with Crippen LogP contribution in [0.15, 0.2) is 23.2 Å². The van der Waals surface area contributed by atoms with Crippen molar-refractivity contribution < 1.29 is 14.3 Å². The SMILES string of the molecule is CCCCOc1ccc(C(=O)OC)c(N=CN(C)C)c1. The third-order valence-electron chi connectivity index (χ3n) is 2.57. The number of nitrogens with zero attached hydrogens (tertiary/aromatic N) is 2. The molecule has 0 aliphatic heterocycles. The molecule has 0 amide bonds. The number of carbonyl (C=O) groups is 1. The summed E-state index contributed by atoms with van der Waals surface area (Å²) in [4.78, 5) is 17.8. The number of aliphatic imine (C=N–C) groups is 1. The lowest BCUT2D eigenvalue weighted by Gasteiger charge is -2.10. The molecule has 0 saturated carbocycles. The van der Waals surface area contributed by atoms with Crippen LogP contribution in [0.4, 0.5) is 5.69 Å². The zero-order valence-electron chi connectivity index (χ0n) is 12.5. The molecule has 0 fully saturated rings. The van der Waals surface area contributed by atoms with Gasteiger partial charge in [0.25, 0.3) is 0 Å². The van der Waals surface area contributed by atoms with E-state index in [9.17, 15) is 4.79 Å². The molecule has 0 aromatic heterocycles. The number of hydrogen-bond donors (Lipinski definition) is 0. The molecular weight excluding hydrogens is 256 g/mol. The summed E-state index contributed by atoms with van der Waals surface area (Å²) in [6, 6.07) is 5.19. The van der Waals surface area contributed by atoms with Gasteiger partial charge in [0, 0.05) is 20.2 Å². The van der Waals surface area contributed by atoms with E-state index < -0.39 is 5.97 Å². The second-order valence-corrected chi connectivity index (χ2v) is 4.58. The Morgan fingerprint density at radius 3 is 2.75 bits per heavy atom. The van der Waals surface area contributed by atoms with E-state index in [-0.39, 0.29) is 0 Å². The van der Waals surface area contributed by atoms with Crippen molar-refractivity contribution in [3.8, 4) is 5.75 Å². The maximum absolute atomic E-state index is 11.7. The van der Waals surface area contributed by atoms with Gasteiger partial charge in [0.1, 0.15) is 5.75 Å². The third kappa shape index (κ3) is 4.91. The highest BCUT2D eigenvalue weighted by Crippen LogP contribution is 2.26. The average molecular weight is 278 g/mol. The predicted molar refractivity (Wildman–Crippen MR) is 80.0 cm³/mol. The Balaban J connectivity index is 2.98. The number of unbranched alkanes of at least 4 members (excludes halogenated alkanes) is 1. The topological polar surface area (TPSA) is 51.1 Å². The number of hydrogen-bond acceptors (Lipinski definition) is 4. The molecule has 0 spiro atoms. The highest BCUT2D eigenvalue weighted by molar-refractivity contribution is 5.95. The summed E-state index contributed by atoms with van der Waals surface area (Å²) in [6.07, 6.45) is 3.71. The average Bonchev–Trinajstić information content (AvgIpc) is 2.44. The van der Waals surface area contributed by atoms with E-state index in [1.165, 1.54) is 7.11 Å². The van der Waals surface area contributed by atoms with Crippen LogP contribution in [0, 0.1) is 0 Å². The zero-order valence-corrected chi connectivity index (χ0v) is 12.5. The summed E-state index contributed by atoms with van der Waals surface area (Å²) in [6.45, 7) is 2.77. The number of rotatable bonds is 7. The van der Waals surface area contributed by atoms with Gasteiger partial charge in [-0.25, -0.2) is 9.79 Å². The van der Waals surface area contributed by atoms with Crippen molar-refractivity contribution in [3.63, 3.8) is 0 Å². The van der Waals surface area contributed by atoms with Crippen LogP contribution >= 0.6 is 0 Å². The van der Waals surface area contributed by atoms with Gasteiger partial charge in [0.15, 0.2) is 0 Å². The summed E-state index contributed by atoms with van der Waals surface area (Å²) in [5, 5.41) is 0. The molecule has 110 valence electrons. The first-order valence-corrected chi connectivity index (χ1v) is 6.64. The standard InChI is InChI=1S/C15H22N2O3/c1-5-6-9-20-12-7-8-13(15(18)19-4)14(10-12)16-11-17(2)3/h7-8,10-11H,5-6,9H2,1-4H3. The zero-order chi connectivity index (χ0) is 15.0. The Morgan fingerprint density at radius 1 is 1.40 bits per heavy atom. The monoisotopic (exact) mass is 278 g/mol. The number of methoxy groups -OCH3 is 1. The minimum absolute atomic E-state index is 0.406. The fraction of sp³-hybridized carbons (Fsp3) is 0.467. The molecule has 0 aliphatic carbocycles. The van der Waals surface area contributed by atoms with Crippen LogP contribution in [-0.2, 0) is 4.74 Å². The molecule has 20 heavy (non-hydrogen) atoms. The van der Waals surface area contributed by atoms with E-state index in [1.807, 2.05) is 14.1 Å². The fourth-order valence-corrected chi connectivity index (χ4v) is 1.50. The number of ether oxygens (including phenoxy) is 2. The summed E-state index contributed by atoms with van der Waals surface area (Å²) in [7, 11) is 5.08. The van der Waals surface area contributed by atoms with Crippen LogP contribution < -0.4 is 4.74 Å². The van der Waals surface area contributed by atoms with E-state index in [4.69, 9.17) is 9.47 Å². The van der Waals surface area contributed by atoms with E-state index in [2.05, 4.69) is 11.9 Å². The van der Waals surface area contributed by atoms with Gasteiger partial charge in [0.05, 0.1) is 31.3 Å². The Hall–Kier alpha value is -2.04. The molecule has 5 nitrogen and oxygen atoms in total. The Bertz CT molecular complexity index is 470. The van der Waals surface area contributed by atoms with Crippen molar-refractivity contribution in [2.24, 2.45) is 4.99 Å². The van der Waals surface area contributed by atoms with Crippen molar-refractivity contribution in [2.45, 2.75) is 19.8 Å². The van der Waals surface area contributed by atoms with Gasteiger partial charge in [-0.1, -0.05) is 13.3 Å². The van der Waals surface area contributed by atoms with Gasteiger partial charge < -0.3 is 14.4 Å². The molecule has 1 aromatic carbocycles. The van der Waals surface area contributed by atoms with Gasteiger partial charge in [-0.05, 0) is 18.6 Å². The van der Waals surface area contributed by atoms with Crippen molar-refractivity contribution >= 4 is 18.0 Å². The van der Waals surface area contributed by atoms with Crippen LogP contribution in [0.2, 0.25) is 0 Å². The lowest BCUT2D eigenvalue weighted by Crippen LogP contribution is -2.08. The van der Waals surface area contributed by atoms with Crippen molar-refractivity contribution in [2.75, 3.05) is 27.8 Å². The van der Waals surface area contributed by atoms with E-state index >= 15 is 0 Å². The third-order valence-corrected chi connectivity index (χ3v) is 2.57. The second-order valence-electron chi connectivity index (χ2n) is 4.58. The van der Waals surface area contributed by atoms with E-state index in [0.717, 1.165) is 12.8 Å². The maximum Gasteiger partial charge on any atom is 0.340 e. The minimum atomic E-state index is -0.406. The molecule has 0 aliphatic rings. The first kappa shape index (κ1) is 16.0. The quantitative estimate of drug-likeness (QED) is 0.333. The van der Waals surface area contributed by atoms with Gasteiger partial charge in [-0.3, -0.25) is 0 Å². The van der Waals surface area contributed by atoms with Crippen LogP contribution in [0.25, 0.3) is 0 Å². The van der Waals surface area contributed by atoms with Crippen molar-refractivity contribution in [1.29, 1.82) is 0 Å². The minimum Gasteiger partial charge on any atom is -0.494 e. The largest absolute Gasteiger partial charge is 0.494 e. The second kappa shape index (κ2) is 8.19. The van der Waals surface area contributed by atoms with E-state index in [1.54, 1.807) is 29.4 Å². The van der Waals surface area contributed by atoms with Crippen molar-refractivity contribution in [3.05, 3.63) is 23.8 Å². The molecular formula is C15H22N2O3. The first-order valence-electron chi connectivity index (χ1n) is 6.64. The molecule has 0 atom stereocenters. The van der Waals surface area contributed by atoms with E-state index in [0.29, 0.717) is 23.6 Å². The highest BCUT2D eigenvalue weighted by Gasteiger charge is 2.12. The smallest absolute Gasteiger partial charge is 0.340 e. The normalized spacial score (nSPS) is 10.6. The molecule has 1 rings (SSSR count). The lowest BCUT2D eigenvalue weighted by atomic mass is 10.1. The van der Waals surface area contributed by atoms with Crippen LogP contribution in [0.5, 0.6) is 5.75 Å². The summed E-state index contributed by atoms with van der Waals surface area (Å²) in [5.41, 5.74) is 0.966. The van der Waals surface area contributed by atoms with Crippen molar-refractivity contribution in [1.82, 2.24) is 4.90 Å². The molecule has 0 saturated heterocycles. The molecule has 0 N–H and O–H groups in total. The highest BCUT2D eigenvalue weighted by atomic mass is 16.5. The van der Waals surface area contributed by atoms with Gasteiger partial charge in [0.2, 0.25) is 0 Å². The van der Waals surface area contributed by atoms with Crippen LogP contribution in [-0.4, -0.2) is 45.0 Å². The Morgan fingerprint density at radius 2 is 2.15 bits per heavy atom. The first-order chi connectivity index (χ1) is 9.58. The van der Waals surface area contributed by atoms with Gasteiger partial charge in [-0.15, -0.1) is 0 Å². The predicted octanol–water partition coefficient (Wildman–Crippen LogP) is 2.87.